The van der Waals surface area contributed by atoms with Crippen LogP contribution in [0.25, 0.3) is 0 Å². The monoisotopic (exact) mass is 306 g/mol. The highest BCUT2D eigenvalue weighted by Gasteiger charge is 2.44. The number of aliphatic hydroxyl groups excluding tert-OH is 1. The zero-order valence-electron chi connectivity index (χ0n) is 13.1. The zero-order chi connectivity index (χ0) is 16.0. The van der Waals surface area contributed by atoms with Gasteiger partial charge in [0.25, 0.3) is 5.91 Å². The molecule has 0 saturated heterocycles. The fraction of sp³-hybridized carbons (Fsp3) is 0.588. The second kappa shape index (κ2) is 7.61. The van der Waals surface area contributed by atoms with Gasteiger partial charge >= 0.3 is 0 Å². The first-order chi connectivity index (χ1) is 10.6. The van der Waals surface area contributed by atoms with Crippen molar-refractivity contribution in [2.75, 3.05) is 0 Å². The number of aliphatic hydroxyl groups is 1. The van der Waals surface area contributed by atoms with Gasteiger partial charge in [0.1, 0.15) is 0 Å². The van der Waals surface area contributed by atoms with Crippen molar-refractivity contribution in [2.45, 2.75) is 57.1 Å². The molecule has 1 fully saturated rings. The Morgan fingerprint density at radius 3 is 2.59 bits per heavy atom. The molecule has 122 valence electrons. The van der Waals surface area contributed by atoms with E-state index in [1.54, 1.807) is 24.3 Å². The lowest BCUT2D eigenvalue weighted by molar-refractivity contribution is -0.142. The predicted octanol–water partition coefficient (Wildman–Crippen LogP) is 2.15. The van der Waals surface area contributed by atoms with Crippen molar-refractivity contribution < 1.29 is 14.7 Å². The number of hydrogen-bond acceptors (Lipinski definition) is 4. The van der Waals surface area contributed by atoms with E-state index in [-0.39, 0.29) is 5.92 Å². The van der Waals surface area contributed by atoms with E-state index in [1.807, 2.05) is 13.0 Å². The van der Waals surface area contributed by atoms with E-state index in [2.05, 4.69) is 5.48 Å². The second-order valence-corrected chi connectivity index (χ2v) is 6.08. The molecule has 4 N–H and O–H groups in total. The summed E-state index contributed by atoms with van der Waals surface area (Å²) < 4.78 is 0. The molecule has 2 atom stereocenters. The number of rotatable bonds is 6. The van der Waals surface area contributed by atoms with E-state index >= 15 is 0 Å². The van der Waals surface area contributed by atoms with Crippen LogP contribution in [0.3, 0.4) is 0 Å². The smallest absolute Gasteiger partial charge is 0.283 e. The van der Waals surface area contributed by atoms with E-state index in [1.165, 1.54) is 6.42 Å². The van der Waals surface area contributed by atoms with E-state index in [0.29, 0.717) is 12.2 Å². The van der Waals surface area contributed by atoms with Gasteiger partial charge in [-0.15, -0.1) is 0 Å². The van der Waals surface area contributed by atoms with Gasteiger partial charge in [-0.05, 0) is 37.3 Å². The minimum atomic E-state index is -1.27. The average molecular weight is 306 g/mol. The highest BCUT2D eigenvalue weighted by atomic mass is 16.7. The largest absolute Gasteiger partial charge is 0.381 e. The molecule has 1 aliphatic rings. The topological polar surface area (TPSA) is 84.6 Å². The van der Waals surface area contributed by atoms with Crippen LogP contribution in [-0.2, 0) is 4.79 Å². The van der Waals surface area contributed by atoms with Crippen molar-refractivity contribution in [2.24, 2.45) is 11.7 Å². The Balaban J connectivity index is 1.97. The number of hydroxylamine groups is 1. The lowest BCUT2D eigenvalue weighted by Crippen LogP contribution is -2.61. The second-order valence-electron chi connectivity index (χ2n) is 6.08. The van der Waals surface area contributed by atoms with Gasteiger partial charge in [0.15, 0.2) is 11.9 Å². The highest BCUT2D eigenvalue weighted by Crippen LogP contribution is 2.35. The van der Waals surface area contributed by atoms with Crippen LogP contribution in [0.1, 0.15) is 45.4 Å². The molecule has 2 unspecified atom stereocenters. The van der Waals surface area contributed by atoms with Crippen LogP contribution >= 0.6 is 0 Å². The Labute approximate surface area is 131 Å². The predicted molar refractivity (Wildman–Crippen MR) is 85.0 cm³/mol. The molecular weight excluding hydrogens is 280 g/mol. The average Bonchev–Trinajstić information content (AvgIpc) is 2.60. The van der Waals surface area contributed by atoms with Gasteiger partial charge in [-0.25, -0.2) is 0 Å². The molecular formula is C17H26N2O3. The van der Waals surface area contributed by atoms with Crippen molar-refractivity contribution in [3.8, 4) is 5.75 Å². The zero-order valence-corrected chi connectivity index (χ0v) is 13.1. The van der Waals surface area contributed by atoms with Crippen LogP contribution in [0.4, 0.5) is 0 Å². The molecule has 5 nitrogen and oxygen atoms in total. The van der Waals surface area contributed by atoms with Crippen molar-refractivity contribution in [1.29, 1.82) is 0 Å². The van der Waals surface area contributed by atoms with Gasteiger partial charge in [0.05, 0.1) is 5.54 Å². The Kier molecular flexibility index (Phi) is 5.80. The van der Waals surface area contributed by atoms with E-state index in [4.69, 9.17) is 10.6 Å². The van der Waals surface area contributed by atoms with Crippen molar-refractivity contribution in [3.63, 3.8) is 0 Å². The standard InChI is InChI=1S/C17H26N2O3/c1-2-17(18,13-9-5-3-6-10-13)15(20)16(21)19-22-14-11-7-4-8-12-14/h4,7-8,11-13,15,20H,2-3,5-6,9-10,18H2,1H3,(H,19,21). The van der Waals surface area contributed by atoms with Crippen LogP contribution in [0.15, 0.2) is 30.3 Å². The quantitative estimate of drug-likeness (QED) is 0.703. The summed E-state index contributed by atoms with van der Waals surface area (Å²) >= 11 is 0. The third-order valence-corrected chi connectivity index (χ3v) is 4.75. The summed E-state index contributed by atoms with van der Waals surface area (Å²) in [5.74, 6) is 0.0994. The molecule has 5 heteroatoms. The summed E-state index contributed by atoms with van der Waals surface area (Å²) in [6.07, 6.45) is 4.64. The number of nitrogens with two attached hydrogens (primary N) is 1. The molecule has 0 radical (unpaired) electrons. The van der Waals surface area contributed by atoms with Crippen LogP contribution in [0.5, 0.6) is 5.75 Å². The summed E-state index contributed by atoms with van der Waals surface area (Å²) in [7, 11) is 0. The van der Waals surface area contributed by atoms with Gasteiger partial charge in [0, 0.05) is 0 Å². The molecule has 1 aromatic carbocycles. The number of benzene rings is 1. The maximum atomic E-state index is 12.2. The molecule has 2 rings (SSSR count). The van der Waals surface area contributed by atoms with Crippen LogP contribution in [0.2, 0.25) is 0 Å². The van der Waals surface area contributed by atoms with Gasteiger partial charge in [-0.2, -0.15) is 5.48 Å². The van der Waals surface area contributed by atoms with Crippen molar-refractivity contribution in [3.05, 3.63) is 30.3 Å². The maximum absolute atomic E-state index is 12.2. The van der Waals surface area contributed by atoms with E-state index in [0.717, 1.165) is 25.7 Å². The van der Waals surface area contributed by atoms with Crippen molar-refractivity contribution in [1.82, 2.24) is 5.48 Å². The first-order valence-corrected chi connectivity index (χ1v) is 8.06. The van der Waals surface area contributed by atoms with E-state index in [9.17, 15) is 9.90 Å². The Morgan fingerprint density at radius 2 is 2.00 bits per heavy atom. The maximum Gasteiger partial charge on any atom is 0.283 e. The third-order valence-electron chi connectivity index (χ3n) is 4.75. The molecule has 0 heterocycles. The number of amides is 1. The number of nitrogens with one attached hydrogen (secondary N) is 1. The Bertz CT molecular complexity index is 474. The van der Waals surface area contributed by atoms with Crippen LogP contribution < -0.4 is 16.1 Å². The Hall–Kier alpha value is -1.59. The molecule has 1 aromatic rings. The summed E-state index contributed by atoms with van der Waals surface area (Å²) in [4.78, 5) is 17.4. The molecule has 0 bridgehead atoms. The molecule has 1 amide bonds. The molecule has 1 aliphatic carbocycles. The SMILES string of the molecule is CCC(N)(C1CCCCC1)C(O)C(=O)NOc1ccccc1. The molecule has 0 spiro atoms. The molecule has 1 saturated carbocycles. The van der Waals surface area contributed by atoms with Gasteiger partial charge < -0.3 is 15.7 Å². The molecule has 22 heavy (non-hydrogen) atoms. The summed E-state index contributed by atoms with van der Waals surface area (Å²) in [5, 5.41) is 10.4. The lowest BCUT2D eigenvalue weighted by Gasteiger charge is -2.41. The summed E-state index contributed by atoms with van der Waals surface area (Å²) in [6.45, 7) is 1.92. The van der Waals surface area contributed by atoms with Crippen LogP contribution in [-0.4, -0.2) is 22.7 Å². The number of carbonyl (C=O) groups is 1. The number of carbonyl (C=O) groups excluding carboxylic acids is 1. The fourth-order valence-electron chi connectivity index (χ4n) is 3.24. The summed E-state index contributed by atoms with van der Waals surface area (Å²) in [6, 6.07) is 8.92. The lowest BCUT2D eigenvalue weighted by atomic mass is 9.70. The fourth-order valence-corrected chi connectivity index (χ4v) is 3.24. The third kappa shape index (κ3) is 3.78. The van der Waals surface area contributed by atoms with Crippen molar-refractivity contribution >= 4 is 5.91 Å². The minimum Gasteiger partial charge on any atom is -0.381 e. The molecule has 0 aliphatic heterocycles. The van der Waals surface area contributed by atoms with Gasteiger partial charge in [0.2, 0.25) is 0 Å². The molecule has 0 aromatic heterocycles. The van der Waals surface area contributed by atoms with Gasteiger partial charge in [-0.3, -0.25) is 4.79 Å². The first kappa shape index (κ1) is 16.8. The first-order valence-electron chi connectivity index (χ1n) is 8.06. The van der Waals surface area contributed by atoms with E-state index < -0.39 is 17.6 Å². The highest BCUT2D eigenvalue weighted by molar-refractivity contribution is 5.81. The normalized spacial score (nSPS) is 20.0. The van der Waals surface area contributed by atoms with Crippen LogP contribution in [0, 0.1) is 5.92 Å². The Morgan fingerprint density at radius 1 is 1.36 bits per heavy atom. The minimum absolute atomic E-state index is 0.170. The number of para-hydroxylation sites is 1. The van der Waals surface area contributed by atoms with Gasteiger partial charge in [-0.1, -0.05) is 44.4 Å². The summed E-state index contributed by atoms with van der Waals surface area (Å²) in [5.41, 5.74) is 7.83. The number of hydrogen-bond donors (Lipinski definition) is 3.